The van der Waals surface area contributed by atoms with E-state index in [1.165, 1.54) is 5.56 Å². The number of hydrogen-bond acceptors (Lipinski definition) is 3. The van der Waals surface area contributed by atoms with Crippen LogP contribution in [0.2, 0.25) is 5.02 Å². The van der Waals surface area contributed by atoms with Gasteiger partial charge < -0.3 is 4.90 Å². The number of carbonyl (C=O) groups is 1. The van der Waals surface area contributed by atoms with Gasteiger partial charge in [0.05, 0.1) is 0 Å². The molecule has 6 heteroatoms. The maximum absolute atomic E-state index is 12.6. The van der Waals surface area contributed by atoms with Gasteiger partial charge in [-0.25, -0.2) is 9.67 Å². The zero-order chi connectivity index (χ0) is 19.2. The second-order valence-electron chi connectivity index (χ2n) is 6.42. The van der Waals surface area contributed by atoms with Gasteiger partial charge in [0.25, 0.3) is 0 Å². The lowest BCUT2D eigenvalue weighted by atomic mass is 10.1. The van der Waals surface area contributed by atoms with Crippen molar-refractivity contribution in [2.24, 2.45) is 0 Å². The van der Waals surface area contributed by atoms with E-state index in [-0.39, 0.29) is 12.5 Å². The Morgan fingerprint density at radius 2 is 1.81 bits per heavy atom. The molecular weight excluding hydrogens is 360 g/mol. The maximum atomic E-state index is 12.6. The summed E-state index contributed by atoms with van der Waals surface area (Å²) in [7, 11) is 1.83. The number of nitrogens with zero attached hydrogens (tertiary/aromatic N) is 4. The minimum absolute atomic E-state index is 0.0215. The molecule has 0 unspecified atom stereocenters. The summed E-state index contributed by atoms with van der Waals surface area (Å²) in [5.74, 6) is 1.43. The summed E-state index contributed by atoms with van der Waals surface area (Å²) in [5, 5.41) is 5.21. The van der Waals surface area contributed by atoms with Crippen molar-refractivity contribution in [2.45, 2.75) is 26.3 Å². The van der Waals surface area contributed by atoms with Crippen molar-refractivity contribution in [3.05, 3.63) is 71.0 Å². The van der Waals surface area contributed by atoms with Crippen LogP contribution in [0.5, 0.6) is 0 Å². The molecule has 3 rings (SSSR count). The molecule has 0 saturated heterocycles. The Balaban J connectivity index is 1.66. The quantitative estimate of drug-likeness (QED) is 0.623. The van der Waals surface area contributed by atoms with Gasteiger partial charge in [-0.05, 0) is 36.2 Å². The number of amides is 1. The lowest BCUT2D eigenvalue weighted by molar-refractivity contribution is -0.130. The van der Waals surface area contributed by atoms with E-state index in [0.717, 1.165) is 17.8 Å². The molecule has 0 atom stereocenters. The largest absolute Gasteiger partial charge is 0.344 e. The zero-order valence-corrected chi connectivity index (χ0v) is 16.4. The van der Waals surface area contributed by atoms with E-state index in [1.807, 2.05) is 56.4 Å². The average molecular weight is 383 g/mol. The number of aryl methyl sites for hydroxylation is 1. The Bertz CT molecular complexity index is 890. The van der Waals surface area contributed by atoms with Gasteiger partial charge in [-0.2, -0.15) is 5.10 Å². The molecule has 5 nitrogen and oxygen atoms in total. The van der Waals surface area contributed by atoms with Crippen molar-refractivity contribution in [1.29, 1.82) is 0 Å². The Labute approximate surface area is 164 Å². The Hall–Kier alpha value is -2.66. The minimum atomic E-state index is 0.0215. The molecule has 0 N–H and O–H groups in total. The van der Waals surface area contributed by atoms with Crippen molar-refractivity contribution in [3.8, 4) is 11.4 Å². The highest BCUT2D eigenvalue weighted by molar-refractivity contribution is 6.30. The number of hydrogen-bond donors (Lipinski definition) is 0. The fourth-order valence-corrected chi connectivity index (χ4v) is 2.92. The predicted octanol–water partition coefficient (Wildman–Crippen LogP) is 3.86. The van der Waals surface area contributed by atoms with Crippen LogP contribution in [-0.4, -0.2) is 39.2 Å². The van der Waals surface area contributed by atoms with Gasteiger partial charge in [0.2, 0.25) is 5.91 Å². The first-order valence-corrected chi connectivity index (χ1v) is 9.42. The summed E-state index contributed by atoms with van der Waals surface area (Å²) >= 11 is 5.94. The highest BCUT2D eigenvalue weighted by Crippen LogP contribution is 2.19. The van der Waals surface area contributed by atoms with Crippen LogP contribution in [-0.2, 0) is 24.2 Å². The molecule has 0 aliphatic heterocycles. The number of halogens is 1. The normalized spacial score (nSPS) is 10.8. The summed E-state index contributed by atoms with van der Waals surface area (Å²) in [6, 6.07) is 17.6. The molecule has 0 saturated carbocycles. The van der Waals surface area contributed by atoms with E-state index in [9.17, 15) is 4.79 Å². The van der Waals surface area contributed by atoms with E-state index < -0.39 is 0 Å². The third kappa shape index (κ3) is 4.95. The highest BCUT2D eigenvalue weighted by atomic mass is 35.5. The second-order valence-corrected chi connectivity index (χ2v) is 6.86. The topological polar surface area (TPSA) is 51.0 Å². The van der Waals surface area contributed by atoms with Crippen molar-refractivity contribution in [1.82, 2.24) is 19.7 Å². The van der Waals surface area contributed by atoms with Gasteiger partial charge in [-0.15, -0.1) is 0 Å². The van der Waals surface area contributed by atoms with Crippen molar-refractivity contribution in [2.75, 3.05) is 13.6 Å². The van der Waals surface area contributed by atoms with E-state index in [2.05, 4.69) is 22.2 Å². The molecule has 0 radical (unpaired) electrons. The maximum Gasteiger partial charge on any atom is 0.244 e. The van der Waals surface area contributed by atoms with E-state index in [0.29, 0.717) is 23.8 Å². The SMILES string of the molecule is CCc1nc(-c2ccc(Cl)cc2)nn1CC(=O)N(C)CCc1ccccc1. The summed E-state index contributed by atoms with van der Waals surface area (Å²) < 4.78 is 1.70. The van der Waals surface area contributed by atoms with Crippen LogP contribution in [0.15, 0.2) is 54.6 Å². The summed E-state index contributed by atoms with van der Waals surface area (Å²) in [6.07, 6.45) is 1.54. The number of carbonyl (C=O) groups excluding carboxylic acids is 1. The molecule has 140 valence electrons. The number of rotatable bonds is 7. The van der Waals surface area contributed by atoms with Crippen LogP contribution in [0.4, 0.5) is 0 Å². The molecule has 1 aromatic heterocycles. The van der Waals surface area contributed by atoms with E-state index >= 15 is 0 Å². The monoisotopic (exact) mass is 382 g/mol. The van der Waals surface area contributed by atoms with Crippen LogP contribution in [0.3, 0.4) is 0 Å². The van der Waals surface area contributed by atoms with Gasteiger partial charge in [-0.3, -0.25) is 4.79 Å². The van der Waals surface area contributed by atoms with Gasteiger partial charge in [0, 0.05) is 30.6 Å². The van der Waals surface area contributed by atoms with Gasteiger partial charge >= 0.3 is 0 Å². The molecule has 0 fully saturated rings. The van der Waals surface area contributed by atoms with Crippen LogP contribution in [0, 0.1) is 0 Å². The van der Waals surface area contributed by atoms with Crippen LogP contribution < -0.4 is 0 Å². The molecular formula is C21H23ClN4O. The number of likely N-dealkylation sites (N-methyl/N-ethyl adjacent to an activating group) is 1. The number of benzene rings is 2. The molecule has 0 spiro atoms. The molecule has 0 aliphatic rings. The molecule has 0 aliphatic carbocycles. The number of aromatic nitrogens is 3. The first-order chi connectivity index (χ1) is 13.1. The van der Waals surface area contributed by atoms with E-state index in [1.54, 1.807) is 9.58 Å². The second kappa shape index (κ2) is 8.82. The van der Waals surface area contributed by atoms with Gasteiger partial charge in [-0.1, -0.05) is 48.9 Å². The molecule has 27 heavy (non-hydrogen) atoms. The van der Waals surface area contributed by atoms with Crippen LogP contribution >= 0.6 is 11.6 Å². The van der Waals surface area contributed by atoms with Crippen molar-refractivity contribution < 1.29 is 4.79 Å². The molecule has 1 heterocycles. The van der Waals surface area contributed by atoms with Crippen molar-refractivity contribution in [3.63, 3.8) is 0 Å². The molecule has 2 aromatic carbocycles. The fraction of sp³-hybridized carbons (Fsp3) is 0.286. The predicted molar refractivity (Wildman–Crippen MR) is 108 cm³/mol. The first-order valence-electron chi connectivity index (χ1n) is 9.04. The summed E-state index contributed by atoms with van der Waals surface area (Å²) in [5.41, 5.74) is 2.11. The lowest BCUT2D eigenvalue weighted by Crippen LogP contribution is -2.32. The highest BCUT2D eigenvalue weighted by Gasteiger charge is 2.15. The smallest absolute Gasteiger partial charge is 0.244 e. The summed E-state index contributed by atoms with van der Waals surface area (Å²) in [6.45, 7) is 2.87. The zero-order valence-electron chi connectivity index (χ0n) is 15.6. The van der Waals surface area contributed by atoms with Gasteiger partial charge in [0.15, 0.2) is 5.82 Å². The average Bonchev–Trinajstić information content (AvgIpc) is 3.10. The fourth-order valence-electron chi connectivity index (χ4n) is 2.80. The Kier molecular flexibility index (Phi) is 6.24. The first kappa shape index (κ1) is 19.1. The Morgan fingerprint density at radius 3 is 2.48 bits per heavy atom. The standard InChI is InChI=1S/C21H23ClN4O/c1-3-19-23-21(17-9-11-18(22)12-10-17)24-26(19)15-20(27)25(2)14-13-16-7-5-4-6-8-16/h4-12H,3,13-15H2,1-2H3. The summed E-state index contributed by atoms with van der Waals surface area (Å²) in [4.78, 5) is 18.9. The molecule has 0 bridgehead atoms. The third-order valence-corrected chi connectivity index (χ3v) is 4.71. The van der Waals surface area contributed by atoms with Gasteiger partial charge in [0.1, 0.15) is 12.4 Å². The van der Waals surface area contributed by atoms with Crippen LogP contribution in [0.1, 0.15) is 18.3 Å². The van der Waals surface area contributed by atoms with E-state index in [4.69, 9.17) is 11.6 Å². The molecule has 3 aromatic rings. The van der Waals surface area contributed by atoms with Crippen LogP contribution in [0.25, 0.3) is 11.4 Å². The van der Waals surface area contributed by atoms with Crippen molar-refractivity contribution >= 4 is 17.5 Å². The molecule has 1 amide bonds. The minimum Gasteiger partial charge on any atom is -0.344 e. The Morgan fingerprint density at radius 1 is 1.11 bits per heavy atom. The third-order valence-electron chi connectivity index (χ3n) is 4.46. The lowest BCUT2D eigenvalue weighted by Gasteiger charge is -2.17.